The number of hydrogen-bond donors (Lipinski definition) is 1. The molecule has 0 aliphatic rings. The predicted octanol–water partition coefficient (Wildman–Crippen LogP) is -0.0349. The van der Waals surface area contributed by atoms with Crippen LogP contribution in [0.15, 0.2) is 6.07 Å². The molecule has 0 radical (unpaired) electrons. The van der Waals surface area contributed by atoms with Crippen LogP contribution in [0.4, 0.5) is 5.82 Å². The summed E-state index contributed by atoms with van der Waals surface area (Å²) in [7, 11) is 2.92. The molecule has 90 valence electrons. The molecular formula is C9H12N6O2. The summed E-state index contributed by atoms with van der Waals surface area (Å²) in [6.45, 7) is 1.84. The minimum absolute atomic E-state index is 0.153. The van der Waals surface area contributed by atoms with E-state index in [-0.39, 0.29) is 12.0 Å². The van der Waals surface area contributed by atoms with Gasteiger partial charge in [-0.15, -0.1) is 10.1 Å². The lowest BCUT2D eigenvalue weighted by Gasteiger charge is -2.05. The van der Waals surface area contributed by atoms with E-state index in [4.69, 9.17) is 15.2 Å². The van der Waals surface area contributed by atoms with Gasteiger partial charge in [-0.1, -0.05) is 0 Å². The van der Waals surface area contributed by atoms with Gasteiger partial charge in [0.05, 0.1) is 14.2 Å². The fourth-order valence-corrected chi connectivity index (χ4v) is 1.31. The second-order valence-corrected chi connectivity index (χ2v) is 3.23. The monoisotopic (exact) mass is 236 g/mol. The van der Waals surface area contributed by atoms with Gasteiger partial charge in [-0.25, -0.2) is 4.68 Å². The van der Waals surface area contributed by atoms with Crippen molar-refractivity contribution in [1.82, 2.24) is 24.7 Å². The predicted molar refractivity (Wildman–Crippen MR) is 59.2 cm³/mol. The average molecular weight is 236 g/mol. The number of nitrogens with two attached hydrogens (primary N) is 1. The van der Waals surface area contributed by atoms with Crippen molar-refractivity contribution in [1.29, 1.82) is 0 Å². The number of rotatable bonds is 3. The summed E-state index contributed by atoms with van der Waals surface area (Å²) in [5.41, 5.74) is 6.40. The van der Waals surface area contributed by atoms with Gasteiger partial charge in [0.1, 0.15) is 5.82 Å². The number of methoxy groups -OCH3 is 2. The Hall–Kier alpha value is -2.38. The van der Waals surface area contributed by atoms with E-state index in [0.717, 1.165) is 5.69 Å². The summed E-state index contributed by atoms with van der Waals surface area (Å²) < 4.78 is 11.4. The Bertz CT molecular complexity index is 516. The van der Waals surface area contributed by atoms with Gasteiger partial charge in [0, 0.05) is 11.8 Å². The summed E-state index contributed by atoms with van der Waals surface area (Å²) in [5.74, 6) is 0.684. The second-order valence-electron chi connectivity index (χ2n) is 3.23. The van der Waals surface area contributed by atoms with Crippen molar-refractivity contribution in [2.75, 3.05) is 20.0 Å². The molecule has 0 saturated heterocycles. The SMILES string of the molecule is COc1nc(OC)nc(-n2nc(N)cc2C)n1. The molecule has 8 nitrogen and oxygen atoms in total. The molecule has 8 heteroatoms. The minimum atomic E-state index is 0.153. The molecule has 0 amide bonds. The Labute approximate surface area is 97.4 Å². The standard InChI is InChI=1S/C9H12N6O2/c1-5-4-6(10)14-15(5)7-11-8(16-2)13-9(12-7)17-3/h4H,1-3H3,(H2,10,14). The van der Waals surface area contributed by atoms with Crippen LogP contribution in [0, 0.1) is 6.92 Å². The number of anilines is 1. The summed E-state index contributed by atoms with van der Waals surface area (Å²) >= 11 is 0. The van der Waals surface area contributed by atoms with Crippen molar-refractivity contribution in [3.63, 3.8) is 0 Å². The molecule has 2 rings (SSSR count). The minimum Gasteiger partial charge on any atom is -0.467 e. The van der Waals surface area contributed by atoms with Gasteiger partial charge < -0.3 is 15.2 Å². The smallest absolute Gasteiger partial charge is 0.324 e. The van der Waals surface area contributed by atoms with Gasteiger partial charge in [-0.05, 0) is 6.92 Å². The first kappa shape index (κ1) is 11.1. The number of aromatic nitrogens is 5. The zero-order chi connectivity index (χ0) is 12.4. The highest BCUT2D eigenvalue weighted by molar-refractivity contribution is 5.33. The number of ether oxygens (including phenoxy) is 2. The molecule has 0 spiro atoms. The third kappa shape index (κ3) is 2.10. The Morgan fingerprint density at radius 1 is 1.12 bits per heavy atom. The molecule has 2 heterocycles. The number of nitrogen functional groups attached to an aromatic ring is 1. The van der Waals surface area contributed by atoms with E-state index in [9.17, 15) is 0 Å². The van der Waals surface area contributed by atoms with Crippen LogP contribution in [0.5, 0.6) is 12.0 Å². The van der Waals surface area contributed by atoms with E-state index >= 15 is 0 Å². The summed E-state index contributed by atoms with van der Waals surface area (Å²) in [4.78, 5) is 12.0. The highest BCUT2D eigenvalue weighted by atomic mass is 16.5. The van der Waals surface area contributed by atoms with E-state index < -0.39 is 0 Å². The maximum atomic E-state index is 5.59. The molecule has 0 unspecified atom stereocenters. The van der Waals surface area contributed by atoms with Crippen LogP contribution >= 0.6 is 0 Å². The first-order chi connectivity index (χ1) is 8.13. The van der Waals surface area contributed by atoms with Crippen LogP contribution < -0.4 is 15.2 Å². The van der Waals surface area contributed by atoms with Crippen molar-refractivity contribution in [3.8, 4) is 18.0 Å². The number of aryl methyl sites for hydroxylation is 1. The fourth-order valence-electron chi connectivity index (χ4n) is 1.31. The summed E-state index contributed by atoms with van der Waals surface area (Å²) in [6, 6.07) is 2.02. The zero-order valence-corrected chi connectivity index (χ0v) is 9.71. The van der Waals surface area contributed by atoms with E-state index in [1.54, 1.807) is 6.07 Å². The Morgan fingerprint density at radius 2 is 1.71 bits per heavy atom. The Balaban J connectivity index is 2.54. The first-order valence-corrected chi connectivity index (χ1v) is 4.80. The largest absolute Gasteiger partial charge is 0.467 e. The van der Waals surface area contributed by atoms with Crippen molar-refractivity contribution in [3.05, 3.63) is 11.8 Å². The summed E-state index contributed by atoms with van der Waals surface area (Å²) in [5, 5.41) is 4.06. The molecule has 2 aromatic rings. The Kier molecular flexibility index (Phi) is 2.77. The molecule has 0 bridgehead atoms. The molecule has 0 aliphatic heterocycles. The maximum absolute atomic E-state index is 5.59. The van der Waals surface area contributed by atoms with Gasteiger partial charge in [0.25, 0.3) is 5.95 Å². The number of nitrogens with zero attached hydrogens (tertiary/aromatic N) is 5. The van der Waals surface area contributed by atoms with E-state index in [1.807, 2.05) is 6.92 Å². The maximum Gasteiger partial charge on any atom is 0.324 e. The zero-order valence-electron chi connectivity index (χ0n) is 9.71. The van der Waals surface area contributed by atoms with Crippen molar-refractivity contribution >= 4 is 5.82 Å². The van der Waals surface area contributed by atoms with E-state index in [2.05, 4.69) is 20.1 Å². The van der Waals surface area contributed by atoms with E-state index in [0.29, 0.717) is 11.8 Å². The molecule has 0 aromatic carbocycles. The van der Waals surface area contributed by atoms with Gasteiger partial charge in [-0.3, -0.25) is 0 Å². The molecule has 17 heavy (non-hydrogen) atoms. The van der Waals surface area contributed by atoms with E-state index in [1.165, 1.54) is 18.9 Å². The fraction of sp³-hybridized carbons (Fsp3) is 0.333. The molecule has 0 aliphatic carbocycles. The van der Waals surface area contributed by atoms with Crippen molar-refractivity contribution in [2.45, 2.75) is 6.92 Å². The Morgan fingerprint density at radius 3 is 2.12 bits per heavy atom. The van der Waals surface area contributed by atoms with Gasteiger partial charge in [0.15, 0.2) is 0 Å². The lowest BCUT2D eigenvalue weighted by atomic mass is 10.5. The van der Waals surface area contributed by atoms with Crippen LogP contribution in [0.25, 0.3) is 5.95 Å². The highest BCUT2D eigenvalue weighted by Crippen LogP contribution is 2.14. The third-order valence-electron chi connectivity index (χ3n) is 2.04. The van der Waals surface area contributed by atoms with Crippen LogP contribution in [0.1, 0.15) is 5.69 Å². The molecule has 2 N–H and O–H groups in total. The quantitative estimate of drug-likeness (QED) is 0.798. The van der Waals surface area contributed by atoms with Crippen LogP contribution in [0.3, 0.4) is 0 Å². The van der Waals surface area contributed by atoms with Crippen molar-refractivity contribution < 1.29 is 9.47 Å². The molecule has 0 saturated carbocycles. The lowest BCUT2D eigenvalue weighted by molar-refractivity contribution is 0.338. The van der Waals surface area contributed by atoms with Crippen LogP contribution in [-0.4, -0.2) is 39.0 Å². The first-order valence-electron chi connectivity index (χ1n) is 4.80. The third-order valence-corrected chi connectivity index (χ3v) is 2.04. The second kappa shape index (κ2) is 4.24. The molecule has 0 atom stereocenters. The van der Waals surface area contributed by atoms with Gasteiger partial charge in [-0.2, -0.15) is 9.97 Å². The molecule has 0 fully saturated rings. The number of hydrogen-bond acceptors (Lipinski definition) is 7. The summed E-state index contributed by atoms with van der Waals surface area (Å²) in [6.07, 6.45) is 0. The van der Waals surface area contributed by atoms with Gasteiger partial charge >= 0.3 is 12.0 Å². The topological polar surface area (TPSA) is 101 Å². The molecular weight excluding hydrogens is 224 g/mol. The normalized spacial score (nSPS) is 10.3. The van der Waals surface area contributed by atoms with Crippen LogP contribution in [-0.2, 0) is 0 Å². The highest BCUT2D eigenvalue weighted by Gasteiger charge is 2.12. The molecule has 2 aromatic heterocycles. The van der Waals surface area contributed by atoms with Crippen LogP contribution in [0.2, 0.25) is 0 Å². The van der Waals surface area contributed by atoms with Crippen molar-refractivity contribution in [2.24, 2.45) is 0 Å². The lowest BCUT2D eigenvalue weighted by Crippen LogP contribution is -2.09. The average Bonchev–Trinajstić information content (AvgIpc) is 2.67. The van der Waals surface area contributed by atoms with Gasteiger partial charge in [0.2, 0.25) is 0 Å².